The Morgan fingerprint density at radius 1 is 0.943 bits per heavy atom. The summed E-state index contributed by atoms with van der Waals surface area (Å²) in [5.41, 5.74) is 6.71. The molecule has 3 aromatic rings. The molecule has 35 heavy (non-hydrogen) atoms. The van der Waals surface area contributed by atoms with E-state index in [-0.39, 0.29) is 6.61 Å². The van der Waals surface area contributed by atoms with Gasteiger partial charge in [-0.05, 0) is 76.2 Å². The average Bonchev–Trinajstić information content (AvgIpc) is 3.25. The molecule has 1 atom stereocenters. The Morgan fingerprint density at radius 2 is 1.60 bits per heavy atom. The van der Waals surface area contributed by atoms with Crippen molar-refractivity contribution in [3.63, 3.8) is 0 Å². The lowest BCUT2D eigenvalue weighted by Gasteiger charge is -2.15. The summed E-state index contributed by atoms with van der Waals surface area (Å²) < 4.78 is 17.6. The smallest absolute Gasteiger partial charge is 0.341 e. The number of nitrogens with zero attached hydrogens (tertiary/aromatic N) is 2. The molecule has 0 spiro atoms. The predicted molar refractivity (Wildman–Crippen MR) is 128 cm³/mol. The Kier molecular flexibility index (Phi) is 8.44. The van der Waals surface area contributed by atoms with Crippen LogP contribution < -0.4 is 20.3 Å². The van der Waals surface area contributed by atoms with Crippen molar-refractivity contribution in [2.75, 3.05) is 13.2 Å². The Labute approximate surface area is 203 Å². The zero-order valence-electron chi connectivity index (χ0n) is 20.0. The van der Waals surface area contributed by atoms with Crippen molar-refractivity contribution in [1.82, 2.24) is 20.6 Å². The Balaban J connectivity index is 1.55. The number of hydrogen-bond acceptors (Lipinski definition) is 7. The maximum Gasteiger partial charge on any atom is 0.341 e. The zero-order valence-corrected chi connectivity index (χ0v) is 20.0. The monoisotopic (exact) mass is 480 g/mol. The van der Waals surface area contributed by atoms with Crippen molar-refractivity contribution in [3.05, 3.63) is 71.5 Å². The highest BCUT2D eigenvalue weighted by atomic mass is 16.5. The van der Waals surface area contributed by atoms with Crippen molar-refractivity contribution in [3.8, 4) is 17.2 Å². The van der Waals surface area contributed by atoms with Gasteiger partial charge in [-0.1, -0.05) is 0 Å². The molecule has 2 N–H and O–H groups in total. The summed E-state index contributed by atoms with van der Waals surface area (Å²) in [5.74, 6) is -0.246. The van der Waals surface area contributed by atoms with Crippen LogP contribution in [0.4, 0.5) is 0 Å². The SMILES string of the molecule is CCOC(=O)c1cnn(-c2ccc(C(=O)NNC(=O)C(C)Oc3ccc(OCC)cc3)cc2)c1C. The van der Waals surface area contributed by atoms with Gasteiger partial charge in [-0.2, -0.15) is 5.10 Å². The number of carbonyl (C=O) groups excluding carboxylic acids is 3. The van der Waals surface area contributed by atoms with E-state index in [4.69, 9.17) is 14.2 Å². The van der Waals surface area contributed by atoms with Gasteiger partial charge < -0.3 is 14.2 Å². The van der Waals surface area contributed by atoms with Crippen LogP contribution in [0.5, 0.6) is 11.5 Å². The van der Waals surface area contributed by atoms with Crippen molar-refractivity contribution < 1.29 is 28.6 Å². The van der Waals surface area contributed by atoms with Gasteiger partial charge in [0.1, 0.15) is 17.1 Å². The van der Waals surface area contributed by atoms with Crippen LogP contribution in [0.15, 0.2) is 54.7 Å². The minimum Gasteiger partial charge on any atom is -0.494 e. The summed E-state index contributed by atoms with van der Waals surface area (Å²) >= 11 is 0. The molecule has 0 radical (unpaired) electrons. The second-order valence-electron chi connectivity index (χ2n) is 7.43. The molecular formula is C25H28N4O6. The van der Waals surface area contributed by atoms with Gasteiger partial charge in [-0.25, -0.2) is 9.48 Å². The van der Waals surface area contributed by atoms with E-state index in [2.05, 4.69) is 16.0 Å². The molecule has 0 bridgehead atoms. The minimum atomic E-state index is -0.841. The molecule has 10 nitrogen and oxygen atoms in total. The van der Waals surface area contributed by atoms with Crippen LogP contribution in [0, 0.1) is 6.92 Å². The van der Waals surface area contributed by atoms with Gasteiger partial charge in [0.15, 0.2) is 6.10 Å². The summed E-state index contributed by atoms with van der Waals surface area (Å²) in [6.07, 6.45) is 0.604. The molecule has 184 valence electrons. The fourth-order valence-electron chi connectivity index (χ4n) is 3.16. The molecule has 0 aliphatic rings. The molecule has 2 amide bonds. The first-order chi connectivity index (χ1) is 16.8. The Morgan fingerprint density at radius 3 is 2.23 bits per heavy atom. The molecule has 0 aliphatic carbocycles. The fourth-order valence-corrected chi connectivity index (χ4v) is 3.16. The summed E-state index contributed by atoms with van der Waals surface area (Å²) in [6.45, 7) is 7.79. The third-order valence-corrected chi connectivity index (χ3v) is 5.00. The predicted octanol–water partition coefficient (Wildman–Crippen LogP) is 2.98. The highest BCUT2D eigenvalue weighted by Gasteiger charge is 2.18. The van der Waals surface area contributed by atoms with E-state index in [1.165, 1.54) is 6.20 Å². The number of esters is 1. The number of nitrogens with one attached hydrogen (secondary N) is 2. The number of amides is 2. The number of aromatic nitrogens is 2. The van der Waals surface area contributed by atoms with Crippen LogP contribution in [-0.2, 0) is 9.53 Å². The second-order valence-corrected chi connectivity index (χ2v) is 7.43. The van der Waals surface area contributed by atoms with Crippen LogP contribution in [0.2, 0.25) is 0 Å². The third-order valence-electron chi connectivity index (χ3n) is 5.00. The molecule has 0 saturated heterocycles. The van der Waals surface area contributed by atoms with Crippen molar-refractivity contribution in [2.45, 2.75) is 33.8 Å². The van der Waals surface area contributed by atoms with Crippen LogP contribution in [0.3, 0.4) is 0 Å². The number of benzene rings is 2. The van der Waals surface area contributed by atoms with Gasteiger partial charge in [-0.15, -0.1) is 0 Å². The van der Waals surface area contributed by atoms with Crippen LogP contribution in [-0.4, -0.2) is 46.9 Å². The second kappa shape index (κ2) is 11.7. The van der Waals surface area contributed by atoms with Gasteiger partial charge in [0.2, 0.25) is 0 Å². The first-order valence-corrected chi connectivity index (χ1v) is 11.2. The van der Waals surface area contributed by atoms with Gasteiger partial charge >= 0.3 is 5.97 Å². The van der Waals surface area contributed by atoms with E-state index >= 15 is 0 Å². The molecule has 1 heterocycles. The van der Waals surface area contributed by atoms with Gasteiger partial charge in [0.25, 0.3) is 11.8 Å². The number of carbonyl (C=O) groups is 3. The van der Waals surface area contributed by atoms with Crippen LogP contribution in [0.1, 0.15) is 47.2 Å². The highest BCUT2D eigenvalue weighted by molar-refractivity contribution is 5.96. The normalized spacial score (nSPS) is 11.3. The Bertz CT molecular complexity index is 1170. The van der Waals surface area contributed by atoms with Crippen LogP contribution >= 0.6 is 0 Å². The number of ether oxygens (including phenoxy) is 3. The van der Waals surface area contributed by atoms with E-state index in [0.717, 1.165) is 0 Å². The topological polar surface area (TPSA) is 121 Å². The molecule has 10 heteroatoms. The molecule has 1 aromatic heterocycles. The maximum absolute atomic E-state index is 12.4. The van der Waals surface area contributed by atoms with E-state index in [9.17, 15) is 14.4 Å². The third kappa shape index (κ3) is 6.38. The molecular weight excluding hydrogens is 452 g/mol. The molecule has 1 unspecified atom stereocenters. The van der Waals surface area contributed by atoms with Gasteiger partial charge in [0, 0.05) is 5.56 Å². The zero-order chi connectivity index (χ0) is 25.4. The van der Waals surface area contributed by atoms with Crippen molar-refractivity contribution in [2.24, 2.45) is 0 Å². The quantitative estimate of drug-likeness (QED) is 0.357. The highest BCUT2D eigenvalue weighted by Crippen LogP contribution is 2.19. The van der Waals surface area contributed by atoms with Crippen LogP contribution in [0.25, 0.3) is 5.69 Å². The molecule has 0 fully saturated rings. The molecule has 2 aromatic carbocycles. The first-order valence-electron chi connectivity index (χ1n) is 11.2. The van der Waals surface area contributed by atoms with Crippen molar-refractivity contribution >= 4 is 17.8 Å². The summed E-state index contributed by atoms with van der Waals surface area (Å²) in [6, 6.07) is 13.4. The van der Waals surface area contributed by atoms with E-state index < -0.39 is 23.9 Å². The largest absolute Gasteiger partial charge is 0.494 e. The van der Waals surface area contributed by atoms with Gasteiger partial charge in [-0.3, -0.25) is 20.4 Å². The minimum absolute atomic E-state index is 0.274. The number of rotatable bonds is 9. The number of hydrazine groups is 1. The molecule has 3 rings (SSSR count). The lowest BCUT2D eigenvalue weighted by molar-refractivity contribution is -0.128. The van der Waals surface area contributed by atoms with E-state index in [1.807, 2.05) is 6.92 Å². The molecule has 0 aliphatic heterocycles. The summed E-state index contributed by atoms with van der Waals surface area (Å²) in [4.78, 5) is 36.7. The lowest BCUT2D eigenvalue weighted by atomic mass is 10.2. The summed E-state index contributed by atoms with van der Waals surface area (Å²) in [7, 11) is 0. The Hall–Kier alpha value is -4.34. The standard InChI is InChI=1S/C25H28N4O6/c1-5-33-20-11-13-21(14-12-20)35-17(4)23(30)27-28-24(31)18-7-9-19(10-8-18)29-16(3)22(15-26-29)25(32)34-6-2/h7-15,17H,5-6H2,1-4H3,(H,27,30)(H,28,31). The van der Waals surface area contributed by atoms with Gasteiger partial charge in [0.05, 0.1) is 30.8 Å². The van der Waals surface area contributed by atoms with E-state index in [1.54, 1.807) is 74.0 Å². The van der Waals surface area contributed by atoms with Crippen molar-refractivity contribution in [1.29, 1.82) is 0 Å². The van der Waals surface area contributed by atoms with E-state index in [0.29, 0.717) is 40.6 Å². The first kappa shape index (κ1) is 25.3. The maximum atomic E-state index is 12.4. The average molecular weight is 481 g/mol. The number of hydrogen-bond donors (Lipinski definition) is 2. The fraction of sp³-hybridized carbons (Fsp3) is 0.280. The summed E-state index contributed by atoms with van der Waals surface area (Å²) in [5, 5.41) is 4.23. The molecule has 0 saturated carbocycles. The lowest BCUT2D eigenvalue weighted by Crippen LogP contribution is -2.47.